The molecular formula is C21H26N2. The molecule has 1 atom stereocenters. The van der Waals surface area contributed by atoms with Crippen LogP contribution in [-0.2, 0) is 6.42 Å². The third kappa shape index (κ3) is 3.00. The molecule has 0 unspecified atom stereocenters. The molecule has 120 valence electrons. The number of hydrogen-bond acceptors (Lipinski definition) is 2. The van der Waals surface area contributed by atoms with Gasteiger partial charge in [-0.15, -0.1) is 0 Å². The first-order valence-corrected chi connectivity index (χ1v) is 8.99. The van der Waals surface area contributed by atoms with Gasteiger partial charge >= 0.3 is 0 Å². The van der Waals surface area contributed by atoms with Crippen LogP contribution in [0.2, 0.25) is 0 Å². The first kappa shape index (κ1) is 14.8. The minimum atomic E-state index is 0.686. The highest BCUT2D eigenvalue weighted by atomic mass is 15.1. The Kier molecular flexibility index (Phi) is 4.09. The van der Waals surface area contributed by atoms with Crippen LogP contribution >= 0.6 is 0 Å². The number of fused-ring (bicyclic) bond motifs is 2. The van der Waals surface area contributed by atoms with Gasteiger partial charge in [-0.05, 0) is 61.6 Å². The third-order valence-electron chi connectivity index (χ3n) is 5.31. The fourth-order valence-corrected chi connectivity index (χ4v) is 4.03. The zero-order valence-corrected chi connectivity index (χ0v) is 14.0. The Balaban J connectivity index is 1.62. The smallest absolute Gasteiger partial charge is 0.0449 e. The molecule has 23 heavy (non-hydrogen) atoms. The van der Waals surface area contributed by atoms with E-state index in [2.05, 4.69) is 59.6 Å². The second-order valence-electron chi connectivity index (χ2n) is 7.02. The predicted octanol–water partition coefficient (Wildman–Crippen LogP) is 4.57. The highest BCUT2D eigenvalue weighted by Crippen LogP contribution is 2.39. The molecule has 2 aliphatic heterocycles. The van der Waals surface area contributed by atoms with Gasteiger partial charge in [-0.3, -0.25) is 0 Å². The van der Waals surface area contributed by atoms with Crippen molar-refractivity contribution in [3.8, 4) is 0 Å². The first-order valence-electron chi connectivity index (χ1n) is 8.99. The molecule has 1 fully saturated rings. The van der Waals surface area contributed by atoms with Crippen LogP contribution in [0.1, 0.15) is 42.4 Å². The standard InChI is InChI=1S/C21H26N2/c1-16-9-10-18-15-17-6-2-3-8-20(17)23(21(18)14-16)13-11-19-7-4-5-12-22-19/h2-3,6,8-10,14,19,22H,4-5,7,11-13,15H2,1H3/t19-/m0/s1. The van der Waals surface area contributed by atoms with E-state index in [0.29, 0.717) is 6.04 Å². The maximum atomic E-state index is 3.69. The van der Waals surface area contributed by atoms with Crippen molar-refractivity contribution in [1.29, 1.82) is 0 Å². The van der Waals surface area contributed by atoms with Crippen molar-refractivity contribution in [2.24, 2.45) is 0 Å². The number of para-hydroxylation sites is 1. The molecule has 2 heteroatoms. The lowest BCUT2D eigenvalue weighted by atomic mass is 9.93. The van der Waals surface area contributed by atoms with Crippen molar-refractivity contribution < 1.29 is 0 Å². The van der Waals surface area contributed by atoms with Crippen LogP contribution in [0.25, 0.3) is 0 Å². The number of nitrogens with zero attached hydrogens (tertiary/aromatic N) is 1. The monoisotopic (exact) mass is 306 g/mol. The molecule has 0 bridgehead atoms. The minimum absolute atomic E-state index is 0.686. The normalized spacial score (nSPS) is 20.0. The average Bonchev–Trinajstić information content (AvgIpc) is 2.60. The molecule has 0 saturated carbocycles. The molecule has 1 N–H and O–H groups in total. The minimum Gasteiger partial charge on any atom is -0.341 e. The van der Waals surface area contributed by atoms with Gasteiger partial charge in [0, 0.05) is 30.4 Å². The Morgan fingerprint density at radius 3 is 2.78 bits per heavy atom. The summed E-state index contributed by atoms with van der Waals surface area (Å²) in [5.74, 6) is 0. The van der Waals surface area contributed by atoms with E-state index in [1.165, 1.54) is 60.3 Å². The van der Waals surface area contributed by atoms with Crippen molar-refractivity contribution in [3.05, 3.63) is 59.2 Å². The van der Waals surface area contributed by atoms with E-state index in [4.69, 9.17) is 0 Å². The zero-order valence-electron chi connectivity index (χ0n) is 14.0. The van der Waals surface area contributed by atoms with E-state index >= 15 is 0 Å². The van der Waals surface area contributed by atoms with Gasteiger partial charge in [0.15, 0.2) is 0 Å². The van der Waals surface area contributed by atoms with Crippen LogP contribution in [0.4, 0.5) is 11.4 Å². The van der Waals surface area contributed by atoms with Gasteiger partial charge in [0.05, 0.1) is 0 Å². The van der Waals surface area contributed by atoms with Crippen molar-refractivity contribution >= 4 is 11.4 Å². The Labute approximate surface area is 139 Å². The highest BCUT2D eigenvalue weighted by Gasteiger charge is 2.23. The molecule has 2 heterocycles. The van der Waals surface area contributed by atoms with Crippen molar-refractivity contribution in [1.82, 2.24) is 5.32 Å². The average molecular weight is 306 g/mol. The zero-order chi connectivity index (χ0) is 15.6. The van der Waals surface area contributed by atoms with E-state index in [1.807, 2.05) is 0 Å². The first-order chi connectivity index (χ1) is 11.3. The molecule has 2 nitrogen and oxygen atoms in total. The predicted molar refractivity (Wildman–Crippen MR) is 97.7 cm³/mol. The Morgan fingerprint density at radius 2 is 1.91 bits per heavy atom. The van der Waals surface area contributed by atoms with Gasteiger partial charge in [-0.1, -0.05) is 36.8 Å². The number of piperidine rings is 1. The SMILES string of the molecule is Cc1ccc2c(c1)N(CC[C@@H]1CCCCN1)c1ccccc1C2. The van der Waals surface area contributed by atoms with Crippen LogP contribution in [0.5, 0.6) is 0 Å². The van der Waals surface area contributed by atoms with Gasteiger partial charge in [0.1, 0.15) is 0 Å². The molecule has 2 aromatic carbocycles. The number of hydrogen-bond donors (Lipinski definition) is 1. The van der Waals surface area contributed by atoms with E-state index < -0.39 is 0 Å². The van der Waals surface area contributed by atoms with E-state index in [1.54, 1.807) is 0 Å². The lowest BCUT2D eigenvalue weighted by molar-refractivity contribution is 0.385. The van der Waals surface area contributed by atoms with Crippen LogP contribution in [-0.4, -0.2) is 19.1 Å². The Morgan fingerprint density at radius 1 is 1.04 bits per heavy atom. The van der Waals surface area contributed by atoms with Crippen molar-refractivity contribution in [2.45, 2.75) is 45.1 Å². The summed E-state index contributed by atoms with van der Waals surface area (Å²) in [7, 11) is 0. The van der Waals surface area contributed by atoms with Crippen molar-refractivity contribution in [2.75, 3.05) is 18.0 Å². The van der Waals surface area contributed by atoms with Crippen LogP contribution < -0.4 is 10.2 Å². The second kappa shape index (κ2) is 6.37. The van der Waals surface area contributed by atoms with E-state index in [9.17, 15) is 0 Å². The summed E-state index contributed by atoms with van der Waals surface area (Å²) in [6.45, 7) is 4.49. The molecule has 0 spiro atoms. The van der Waals surface area contributed by atoms with Gasteiger partial charge < -0.3 is 10.2 Å². The van der Waals surface area contributed by atoms with Crippen molar-refractivity contribution in [3.63, 3.8) is 0 Å². The molecule has 0 aliphatic carbocycles. The highest BCUT2D eigenvalue weighted by molar-refractivity contribution is 5.74. The number of aryl methyl sites for hydroxylation is 1. The summed E-state index contributed by atoms with van der Waals surface area (Å²) in [6.07, 6.45) is 6.33. The fourth-order valence-electron chi connectivity index (χ4n) is 4.03. The largest absolute Gasteiger partial charge is 0.341 e. The molecule has 0 radical (unpaired) electrons. The van der Waals surface area contributed by atoms with Gasteiger partial charge in [0.2, 0.25) is 0 Å². The van der Waals surface area contributed by atoms with Gasteiger partial charge in [-0.25, -0.2) is 0 Å². The lowest BCUT2D eigenvalue weighted by Crippen LogP contribution is -2.37. The van der Waals surface area contributed by atoms with E-state index in [-0.39, 0.29) is 0 Å². The summed E-state index contributed by atoms with van der Waals surface area (Å²) in [5, 5.41) is 3.69. The van der Waals surface area contributed by atoms with Gasteiger partial charge in [-0.2, -0.15) is 0 Å². The summed E-state index contributed by atoms with van der Waals surface area (Å²) in [4.78, 5) is 2.55. The summed E-state index contributed by atoms with van der Waals surface area (Å²) < 4.78 is 0. The number of rotatable bonds is 3. The molecule has 2 aromatic rings. The summed E-state index contributed by atoms with van der Waals surface area (Å²) in [5.41, 5.74) is 7.09. The summed E-state index contributed by atoms with van der Waals surface area (Å²) >= 11 is 0. The summed E-state index contributed by atoms with van der Waals surface area (Å²) in [6, 6.07) is 16.5. The molecule has 2 aliphatic rings. The topological polar surface area (TPSA) is 15.3 Å². The van der Waals surface area contributed by atoms with Gasteiger partial charge in [0.25, 0.3) is 0 Å². The molecule has 0 aromatic heterocycles. The van der Waals surface area contributed by atoms with Crippen LogP contribution in [0.3, 0.4) is 0 Å². The number of anilines is 2. The Bertz CT molecular complexity index is 686. The van der Waals surface area contributed by atoms with Crippen LogP contribution in [0.15, 0.2) is 42.5 Å². The quantitative estimate of drug-likeness (QED) is 0.893. The number of benzene rings is 2. The third-order valence-corrected chi connectivity index (χ3v) is 5.31. The van der Waals surface area contributed by atoms with E-state index in [0.717, 1.165) is 13.0 Å². The molecular weight excluding hydrogens is 280 g/mol. The molecule has 4 rings (SSSR count). The molecule has 1 saturated heterocycles. The Hall–Kier alpha value is -1.80. The maximum absolute atomic E-state index is 3.69. The lowest BCUT2D eigenvalue weighted by Gasteiger charge is -2.35. The number of nitrogens with one attached hydrogen (secondary N) is 1. The van der Waals surface area contributed by atoms with Crippen LogP contribution in [0, 0.1) is 6.92 Å². The maximum Gasteiger partial charge on any atom is 0.0449 e. The molecule has 0 amide bonds. The fraction of sp³-hybridized carbons (Fsp3) is 0.429. The second-order valence-corrected chi connectivity index (χ2v) is 7.02.